The van der Waals surface area contributed by atoms with Crippen LogP contribution in [0.5, 0.6) is 0 Å². The zero-order valence-corrected chi connectivity index (χ0v) is 7.88. The van der Waals surface area contributed by atoms with Crippen LogP contribution < -0.4 is 5.73 Å². The predicted octanol–water partition coefficient (Wildman–Crippen LogP) is 1.54. The Hall–Kier alpha value is -1.35. The van der Waals surface area contributed by atoms with Crippen LogP contribution in [0, 0.1) is 6.92 Å². The molecule has 68 valence electrons. The first-order chi connectivity index (χ1) is 6.09. The van der Waals surface area contributed by atoms with Crippen LogP contribution in [0.25, 0.3) is 6.08 Å². The summed E-state index contributed by atoms with van der Waals surface area (Å²) in [4.78, 5) is 14.4. The van der Waals surface area contributed by atoms with Crippen molar-refractivity contribution in [1.82, 2.24) is 4.98 Å². The lowest BCUT2D eigenvalue weighted by Crippen LogP contribution is -2.05. The Morgan fingerprint density at radius 1 is 1.62 bits per heavy atom. The van der Waals surface area contributed by atoms with E-state index in [0.717, 1.165) is 5.69 Å². The van der Waals surface area contributed by atoms with Crippen LogP contribution in [-0.2, 0) is 4.79 Å². The summed E-state index contributed by atoms with van der Waals surface area (Å²) in [5, 5.41) is 0.373. The molecule has 0 aliphatic rings. The van der Waals surface area contributed by atoms with Gasteiger partial charge in [0.2, 0.25) is 5.91 Å². The predicted molar refractivity (Wildman–Crippen MR) is 52.2 cm³/mol. The monoisotopic (exact) mass is 196 g/mol. The molecule has 3 nitrogen and oxygen atoms in total. The molecule has 1 rings (SSSR count). The van der Waals surface area contributed by atoms with Crippen LogP contribution in [0.15, 0.2) is 18.2 Å². The van der Waals surface area contributed by atoms with E-state index in [2.05, 4.69) is 4.98 Å². The quantitative estimate of drug-likeness (QED) is 0.576. The number of rotatable bonds is 2. The fourth-order valence-electron chi connectivity index (χ4n) is 0.832. The summed E-state index contributed by atoms with van der Waals surface area (Å²) < 4.78 is 0. The lowest BCUT2D eigenvalue weighted by atomic mass is 10.2. The number of primary amides is 1. The number of pyridine rings is 1. The highest BCUT2D eigenvalue weighted by Crippen LogP contribution is 2.14. The van der Waals surface area contributed by atoms with Gasteiger partial charge in [0.15, 0.2) is 0 Å². The van der Waals surface area contributed by atoms with Gasteiger partial charge in [0.1, 0.15) is 5.15 Å². The average Bonchev–Trinajstić information content (AvgIpc) is 2.02. The van der Waals surface area contributed by atoms with E-state index in [1.165, 1.54) is 12.2 Å². The lowest BCUT2D eigenvalue weighted by molar-refractivity contribution is -0.113. The van der Waals surface area contributed by atoms with Crippen molar-refractivity contribution < 1.29 is 4.79 Å². The van der Waals surface area contributed by atoms with Gasteiger partial charge in [0.25, 0.3) is 0 Å². The number of nitrogens with zero attached hydrogens (tertiary/aromatic N) is 1. The van der Waals surface area contributed by atoms with Gasteiger partial charge in [-0.2, -0.15) is 0 Å². The first-order valence-corrected chi connectivity index (χ1v) is 4.08. The maximum absolute atomic E-state index is 10.4. The van der Waals surface area contributed by atoms with Crippen molar-refractivity contribution in [2.45, 2.75) is 6.92 Å². The summed E-state index contributed by atoms with van der Waals surface area (Å²) in [6.07, 6.45) is 2.79. The third-order valence-electron chi connectivity index (χ3n) is 1.44. The molecule has 0 fully saturated rings. The van der Waals surface area contributed by atoms with Gasteiger partial charge < -0.3 is 5.73 Å². The molecule has 4 heteroatoms. The number of halogens is 1. The van der Waals surface area contributed by atoms with Crippen molar-refractivity contribution in [3.05, 3.63) is 34.6 Å². The van der Waals surface area contributed by atoms with Crippen molar-refractivity contribution in [2.24, 2.45) is 5.73 Å². The normalized spacial score (nSPS) is 10.6. The van der Waals surface area contributed by atoms with Gasteiger partial charge in [-0.15, -0.1) is 0 Å². The van der Waals surface area contributed by atoms with Gasteiger partial charge in [0, 0.05) is 17.3 Å². The SMILES string of the molecule is Cc1ccc(C=CC(N)=O)c(Cl)n1. The van der Waals surface area contributed by atoms with Crippen LogP contribution in [0.3, 0.4) is 0 Å². The molecular formula is C9H9ClN2O. The molecule has 13 heavy (non-hydrogen) atoms. The van der Waals surface area contributed by atoms with Gasteiger partial charge >= 0.3 is 0 Å². The van der Waals surface area contributed by atoms with Crippen molar-refractivity contribution in [1.29, 1.82) is 0 Å². The van der Waals surface area contributed by atoms with Gasteiger partial charge in [-0.3, -0.25) is 4.79 Å². The summed E-state index contributed by atoms with van der Waals surface area (Å²) in [5.41, 5.74) is 6.45. The Labute approximate surface area is 81.2 Å². The molecule has 0 atom stereocenters. The van der Waals surface area contributed by atoms with Gasteiger partial charge in [-0.25, -0.2) is 4.98 Å². The minimum Gasteiger partial charge on any atom is -0.366 e. The molecule has 1 aromatic rings. The van der Waals surface area contributed by atoms with E-state index in [0.29, 0.717) is 10.7 Å². The summed E-state index contributed by atoms with van der Waals surface area (Å²) in [6.45, 7) is 1.84. The van der Waals surface area contributed by atoms with Gasteiger partial charge in [-0.05, 0) is 19.1 Å². The Kier molecular flexibility index (Phi) is 3.03. The minimum absolute atomic E-state index is 0.373. The maximum Gasteiger partial charge on any atom is 0.241 e. The molecule has 0 aliphatic carbocycles. The fourth-order valence-corrected chi connectivity index (χ4v) is 1.09. The molecule has 1 heterocycles. The number of aryl methyl sites for hydroxylation is 1. The number of amides is 1. The molecular weight excluding hydrogens is 188 g/mol. The second kappa shape index (κ2) is 4.05. The van der Waals surface area contributed by atoms with E-state index < -0.39 is 5.91 Å². The van der Waals surface area contributed by atoms with E-state index in [4.69, 9.17) is 17.3 Å². The van der Waals surface area contributed by atoms with E-state index in [1.807, 2.05) is 13.0 Å². The molecule has 0 spiro atoms. The third kappa shape index (κ3) is 2.87. The lowest BCUT2D eigenvalue weighted by Gasteiger charge is -1.97. The Morgan fingerprint density at radius 2 is 2.31 bits per heavy atom. The highest BCUT2D eigenvalue weighted by atomic mass is 35.5. The highest BCUT2D eigenvalue weighted by Gasteiger charge is 1.97. The number of nitrogens with two attached hydrogens (primary N) is 1. The first kappa shape index (κ1) is 9.74. The smallest absolute Gasteiger partial charge is 0.241 e. The molecule has 2 N–H and O–H groups in total. The Bertz CT molecular complexity index is 361. The molecule has 1 aromatic heterocycles. The Balaban J connectivity index is 2.96. The zero-order valence-electron chi connectivity index (χ0n) is 7.12. The van der Waals surface area contributed by atoms with E-state index in [-0.39, 0.29) is 0 Å². The van der Waals surface area contributed by atoms with Crippen molar-refractivity contribution >= 4 is 23.6 Å². The van der Waals surface area contributed by atoms with Gasteiger partial charge in [-0.1, -0.05) is 17.7 Å². The summed E-state index contributed by atoms with van der Waals surface area (Å²) in [7, 11) is 0. The molecule has 0 bridgehead atoms. The van der Waals surface area contributed by atoms with E-state index in [1.54, 1.807) is 6.07 Å². The second-order valence-corrected chi connectivity index (χ2v) is 2.93. The van der Waals surface area contributed by atoms with Crippen molar-refractivity contribution in [3.63, 3.8) is 0 Å². The van der Waals surface area contributed by atoms with Crippen LogP contribution in [0.1, 0.15) is 11.3 Å². The number of carbonyl (C=O) groups excluding carboxylic acids is 1. The van der Waals surface area contributed by atoms with Crippen molar-refractivity contribution in [2.75, 3.05) is 0 Å². The molecule has 0 aliphatic heterocycles. The largest absolute Gasteiger partial charge is 0.366 e. The maximum atomic E-state index is 10.4. The summed E-state index contributed by atoms with van der Waals surface area (Å²) in [5.74, 6) is -0.503. The summed E-state index contributed by atoms with van der Waals surface area (Å²) in [6, 6.07) is 3.59. The van der Waals surface area contributed by atoms with E-state index in [9.17, 15) is 4.79 Å². The van der Waals surface area contributed by atoms with Crippen molar-refractivity contribution in [3.8, 4) is 0 Å². The number of aromatic nitrogens is 1. The Morgan fingerprint density at radius 3 is 2.85 bits per heavy atom. The standard InChI is InChI=1S/C9H9ClN2O/c1-6-2-3-7(9(10)12-6)4-5-8(11)13/h2-5H,1H3,(H2,11,13). The highest BCUT2D eigenvalue weighted by molar-refractivity contribution is 6.30. The number of hydrogen-bond acceptors (Lipinski definition) is 2. The molecule has 0 aromatic carbocycles. The molecule has 0 saturated carbocycles. The first-order valence-electron chi connectivity index (χ1n) is 3.70. The van der Waals surface area contributed by atoms with Crippen LogP contribution in [0.4, 0.5) is 0 Å². The zero-order chi connectivity index (χ0) is 9.84. The summed E-state index contributed by atoms with van der Waals surface area (Å²) >= 11 is 5.80. The third-order valence-corrected chi connectivity index (χ3v) is 1.75. The number of carbonyl (C=O) groups is 1. The topological polar surface area (TPSA) is 56.0 Å². The van der Waals surface area contributed by atoms with Crippen LogP contribution >= 0.6 is 11.6 Å². The average molecular weight is 197 g/mol. The molecule has 1 amide bonds. The van der Waals surface area contributed by atoms with E-state index >= 15 is 0 Å². The second-order valence-electron chi connectivity index (χ2n) is 2.57. The molecule has 0 saturated heterocycles. The molecule has 0 radical (unpaired) electrons. The fraction of sp³-hybridized carbons (Fsp3) is 0.111. The minimum atomic E-state index is -0.503. The van der Waals surface area contributed by atoms with Gasteiger partial charge in [0.05, 0.1) is 0 Å². The number of hydrogen-bond donors (Lipinski definition) is 1. The van der Waals surface area contributed by atoms with Crippen LogP contribution in [0.2, 0.25) is 5.15 Å². The molecule has 0 unspecified atom stereocenters. The van der Waals surface area contributed by atoms with Crippen LogP contribution in [-0.4, -0.2) is 10.9 Å².